The Morgan fingerprint density at radius 1 is 1.29 bits per heavy atom. The number of hydrogen-bond acceptors (Lipinski definition) is 4. The van der Waals surface area contributed by atoms with E-state index in [0.717, 1.165) is 23.7 Å². The predicted octanol–water partition coefficient (Wildman–Crippen LogP) is 4.61. The molecule has 3 nitrogen and oxygen atoms in total. The van der Waals surface area contributed by atoms with Gasteiger partial charge in [-0.3, -0.25) is 4.79 Å². The second kappa shape index (κ2) is 6.68. The molecule has 4 heteroatoms. The molecule has 0 unspecified atom stereocenters. The van der Waals surface area contributed by atoms with E-state index in [-0.39, 0.29) is 5.78 Å². The highest BCUT2D eigenvalue weighted by Gasteiger charge is 2.12. The van der Waals surface area contributed by atoms with Gasteiger partial charge in [-0.15, -0.1) is 11.3 Å². The number of Topliss-reactive ketones (excluding diaryl/α,β-unsaturated/α-hetero) is 1. The molecular weight excluding hydrogens is 280 g/mol. The van der Waals surface area contributed by atoms with Crippen molar-refractivity contribution in [1.29, 1.82) is 0 Å². The van der Waals surface area contributed by atoms with Crippen molar-refractivity contribution < 1.29 is 4.79 Å². The van der Waals surface area contributed by atoms with Crippen LogP contribution in [0.2, 0.25) is 0 Å². The number of allylic oxidation sites excluding steroid dienone is 1. The van der Waals surface area contributed by atoms with Gasteiger partial charge in [0, 0.05) is 16.6 Å². The number of carbonyl (C=O) groups excluding carboxylic acids is 1. The first-order valence-electron chi connectivity index (χ1n) is 7.10. The zero-order valence-corrected chi connectivity index (χ0v) is 13.5. The minimum atomic E-state index is -0.0462. The van der Waals surface area contributed by atoms with Gasteiger partial charge in [-0.2, -0.15) is 0 Å². The quantitative estimate of drug-likeness (QED) is 0.792. The second-order valence-electron chi connectivity index (χ2n) is 4.86. The van der Waals surface area contributed by atoms with Crippen LogP contribution >= 0.6 is 11.3 Å². The van der Waals surface area contributed by atoms with Crippen molar-refractivity contribution in [2.75, 3.05) is 5.32 Å². The van der Waals surface area contributed by atoms with Crippen LogP contribution in [0.25, 0.3) is 5.57 Å². The normalized spacial score (nSPS) is 10.4. The highest BCUT2D eigenvalue weighted by Crippen LogP contribution is 2.29. The molecule has 1 aromatic carbocycles. The van der Waals surface area contributed by atoms with Crippen molar-refractivity contribution in [2.45, 2.75) is 33.6 Å². The number of benzene rings is 1. The number of anilines is 2. The lowest BCUT2D eigenvalue weighted by atomic mass is 10.0. The number of nitrogens with zero attached hydrogens (tertiary/aromatic N) is 1. The third-order valence-electron chi connectivity index (χ3n) is 3.47. The van der Waals surface area contributed by atoms with E-state index in [2.05, 4.69) is 48.9 Å². The fraction of sp³-hybridized carbons (Fsp3) is 0.294. The Labute approximate surface area is 129 Å². The molecule has 110 valence electrons. The molecule has 0 spiro atoms. The number of thiazole rings is 1. The number of para-hydroxylation sites is 1. The SMILES string of the molecule is C=C(C(C)=O)c1csc(Nc2c(CC)cccc2CC)n1. The molecule has 0 atom stereocenters. The van der Waals surface area contributed by atoms with Crippen molar-refractivity contribution in [3.05, 3.63) is 47.0 Å². The molecular formula is C17H20N2OS. The van der Waals surface area contributed by atoms with E-state index >= 15 is 0 Å². The Morgan fingerprint density at radius 3 is 2.43 bits per heavy atom. The van der Waals surface area contributed by atoms with Crippen LogP contribution in [0.15, 0.2) is 30.2 Å². The summed E-state index contributed by atoms with van der Waals surface area (Å²) in [6, 6.07) is 6.35. The number of aromatic nitrogens is 1. The first kappa shape index (κ1) is 15.4. The highest BCUT2D eigenvalue weighted by molar-refractivity contribution is 7.13. The summed E-state index contributed by atoms with van der Waals surface area (Å²) in [5, 5.41) is 6.07. The maximum absolute atomic E-state index is 11.4. The van der Waals surface area contributed by atoms with Gasteiger partial charge in [-0.05, 0) is 30.9 Å². The molecule has 0 radical (unpaired) electrons. The monoisotopic (exact) mass is 300 g/mol. The van der Waals surface area contributed by atoms with Gasteiger partial charge in [-0.1, -0.05) is 38.6 Å². The lowest BCUT2D eigenvalue weighted by molar-refractivity contribution is -0.111. The summed E-state index contributed by atoms with van der Waals surface area (Å²) in [5.41, 5.74) is 4.80. The van der Waals surface area contributed by atoms with Crippen molar-refractivity contribution in [1.82, 2.24) is 4.98 Å². The van der Waals surface area contributed by atoms with E-state index in [1.54, 1.807) is 0 Å². The minimum absolute atomic E-state index is 0.0462. The Morgan fingerprint density at radius 2 is 1.90 bits per heavy atom. The molecule has 0 saturated heterocycles. The fourth-order valence-corrected chi connectivity index (χ4v) is 2.89. The van der Waals surface area contributed by atoms with Gasteiger partial charge in [0.05, 0.1) is 5.69 Å². The summed E-state index contributed by atoms with van der Waals surface area (Å²) in [7, 11) is 0. The summed E-state index contributed by atoms with van der Waals surface area (Å²) in [6.45, 7) is 9.58. The predicted molar refractivity (Wildman–Crippen MR) is 90.3 cm³/mol. The summed E-state index contributed by atoms with van der Waals surface area (Å²) in [5.74, 6) is -0.0462. The third-order valence-corrected chi connectivity index (χ3v) is 4.23. The van der Waals surface area contributed by atoms with Gasteiger partial charge >= 0.3 is 0 Å². The minimum Gasteiger partial charge on any atom is -0.331 e. The Hall–Kier alpha value is -1.94. The topological polar surface area (TPSA) is 42.0 Å². The van der Waals surface area contributed by atoms with Crippen molar-refractivity contribution in [3.8, 4) is 0 Å². The molecule has 0 bridgehead atoms. The number of carbonyl (C=O) groups is 1. The van der Waals surface area contributed by atoms with Crippen LogP contribution in [0.5, 0.6) is 0 Å². The zero-order valence-electron chi connectivity index (χ0n) is 12.7. The lowest BCUT2D eigenvalue weighted by Gasteiger charge is -2.13. The molecule has 1 heterocycles. The molecule has 1 aromatic heterocycles. The number of nitrogens with one attached hydrogen (secondary N) is 1. The van der Waals surface area contributed by atoms with Crippen molar-refractivity contribution in [3.63, 3.8) is 0 Å². The Bertz CT molecular complexity index is 651. The average Bonchev–Trinajstić information content (AvgIpc) is 2.95. The molecule has 0 aliphatic heterocycles. The van der Waals surface area contributed by atoms with Gasteiger partial charge in [0.15, 0.2) is 10.9 Å². The summed E-state index contributed by atoms with van der Waals surface area (Å²) < 4.78 is 0. The molecule has 1 N–H and O–H groups in total. The second-order valence-corrected chi connectivity index (χ2v) is 5.71. The van der Waals surface area contributed by atoms with E-state index in [0.29, 0.717) is 11.3 Å². The largest absolute Gasteiger partial charge is 0.331 e. The average molecular weight is 300 g/mol. The summed E-state index contributed by atoms with van der Waals surface area (Å²) in [4.78, 5) is 15.8. The third kappa shape index (κ3) is 3.39. The molecule has 2 aromatic rings. The molecule has 0 amide bonds. The lowest BCUT2D eigenvalue weighted by Crippen LogP contribution is -2.00. The summed E-state index contributed by atoms with van der Waals surface area (Å²) >= 11 is 1.49. The molecule has 0 aliphatic carbocycles. The van der Waals surface area contributed by atoms with E-state index in [4.69, 9.17) is 0 Å². The number of hydrogen-bond donors (Lipinski definition) is 1. The van der Waals surface area contributed by atoms with Crippen LogP contribution in [-0.4, -0.2) is 10.8 Å². The van der Waals surface area contributed by atoms with E-state index < -0.39 is 0 Å². The van der Waals surface area contributed by atoms with Crippen LogP contribution in [0.1, 0.15) is 37.6 Å². The Balaban J connectivity index is 2.31. The number of aryl methyl sites for hydroxylation is 2. The molecule has 21 heavy (non-hydrogen) atoms. The number of rotatable bonds is 6. The van der Waals surface area contributed by atoms with E-state index in [1.165, 1.54) is 29.4 Å². The van der Waals surface area contributed by atoms with Gasteiger partial charge in [-0.25, -0.2) is 4.98 Å². The van der Waals surface area contributed by atoms with Crippen molar-refractivity contribution >= 4 is 33.5 Å². The fourth-order valence-electron chi connectivity index (χ4n) is 2.16. The van der Waals surface area contributed by atoms with E-state index in [9.17, 15) is 4.79 Å². The molecule has 2 rings (SSSR count). The summed E-state index contributed by atoms with van der Waals surface area (Å²) in [6.07, 6.45) is 1.93. The molecule has 0 saturated carbocycles. The van der Waals surface area contributed by atoms with Crippen LogP contribution in [0.3, 0.4) is 0 Å². The first-order chi connectivity index (χ1) is 10.1. The van der Waals surface area contributed by atoms with Gasteiger partial charge in [0.1, 0.15) is 0 Å². The first-order valence-corrected chi connectivity index (χ1v) is 7.98. The maximum atomic E-state index is 11.4. The van der Waals surface area contributed by atoms with Crippen LogP contribution in [-0.2, 0) is 17.6 Å². The van der Waals surface area contributed by atoms with Gasteiger partial charge in [0.2, 0.25) is 0 Å². The van der Waals surface area contributed by atoms with Crippen LogP contribution in [0.4, 0.5) is 10.8 Å². The van der Waals surface area contributed by atoms with Crippen LogP contribution < -0.4 is 5.32 Å². The van der Waals surface area contributed by atoms with Crippen molar-refractivity contribution in [2.24, 2.45) is 0 Å². The number of ketones is 1. The van der Waals surface area contributed by atoms with Gasteiger partial charge < -0.3 is 5.32 Å². The highest BCUT2D eigenvalue weighted by atomic mass is 32.1. The smallest absolute Gasteiger partial charge is 0.187 e. The Kier molecular flexibility index (Phi) is 4.91. The maximum Gasteiger partial charge on any atom is 0.187 e. The van der Waals surface area contributed by atoms with E-state index in [1.807, 2.05) is 5.38 Å². The zero-order chi connectivity index (χ0) is 15.4. The molecule has 0 fully saturated rings. The van der Waals surface area contributed by atoms with Crippen LogP contribution in [0, 0.1) is 0 Å². The standard InChI is InChI=1S/C17H20N2OS/c1-5-13-8-7-9-14(6-2)16(13)19-17-18-15(10-21-17)11(3)12(4)20/h7-10H,3,5-6H2,1-2,4H3,(H,18,19). The van der Waals surface area contributed by atoms with Gasteiger partial charge in [0.25, 0.3) is 0 Å². The molecule has 0 aliphatic rings.